The van der Waals surface area contributed by atoms with Gasteiger partial charge >= 0.3 is 0 Å². The van der Waals surface area contributed by atoms with E-state index in [-0.39, 0.29) is 23.4 Å². The number of rotatable bonds is 4. The lowest BCUT2D eigenvalue weighted by Crippen LogP contribution is -2.15. The molecule has 0 bridgehead atoms. The molecule has 0 radical (unpaired) electrons. The number of amides is 1. The maximum atomic E-state index is 13.0. The number of anilines is 2. The van der Waals surface area contributed by atoms with Crippen molar-refractivity contribution in [1.29, 1.82) is 0 Å². The van der Waals surface area contributed by atoms with Crippen LogP contribution in [0.3, 0.4) is 0 Å². The first-order valence-corrected chi connectivity index (χ1v) is 6.05. The predicted molar refractivity (Wildman–Crippen MR) is 74.8 cm³/mol. The lowest BCUT2D eigenvalue weighted by Gasteiger charge is -2.08. The van der Waals surface area contributed by atoms with E-state index in [1.54, 1.807) is 17.0 Å². The molecule has 0 aliphatic carbocycles. The topological polar surface area (TPSA) is 77.1 Å². The average molecular weight is 275 g/mol. The SMILES string of the molecule is Nc1cc(NC(=O)CCn2ccc(=O)cc2)ccc1F. The zero-order valence-corrected chi connectivity index (χ0v) is 10.7. The molecule has 1 aromatic heterocycles. The quantitative estimate of drug-likeness (QED) is 0.832. The summed E-state index contributed by atoms with van der Waals surface area (Å²) in [6, 6.07) is 6.87. The number of hydrogen-bond acceptors (Lipinski definition) is 3. The van der Waals surface area contributed by atoms with E-state index in [1.807, 2.05) is 0 Å². The van der Waals surface area contributed by atoms with Gasteiger partial charge in [-0.25, -0.2) is 4.39 Å². The highest BCUT2D eigenvalue weighted by Gasteiger charge is 2.04. The van der Waals surface area contributed by atoms with Gasteiger partial charge in [0.05, 0.1) is 5.69 Å². The Morgan fingerprint density at radius 1 is 1.25 bits per heavy atom. The number of aryl methyl sites for hydroxylation is 1. The Kier molecular flexibility index (Phi) is 4.14. The molecule has 0 fully saturated rings. The number of carbonyl (C=O) groups is 1. The minimum absolute atomic E-state index is 0.0109. The number of carbonyl (C=O) groups excluding carboxylic acids is 1. The predicted octanol–water partition coefficient (Wildman–Crippen LogP) is 1.60. The molecule has 2 aromatic rings. The second kappa shape index (κ2) is 6.01. The van der Waals surface area contributed by atoms with Gasteiger partial charge in [-0.1, -0.05) is 0 Å². The third-order valence-electron chi connectivity index (χ3n) is 2.74. The maximum absolute atomic E-state index is 13.0. The number of nitrogens with two attached hydrogens (primary N) is 1. The molecule has 0 spiro atoms. The highest BCUT2D eigenvalue weighted by Crippen LogP contribution is 2.16. The molecule has 20 heavy (non-hydrogen) atoms. The molecule has 0 saturated carbocycles. The third-order valence-corrected chi connectivity index (χ3v) is 2.74. The number of benzene rings is 1. The summed E-state index contributed by atoms with van der Waals surface area (Å²) in [4.78, 5) is 22.7. The monoisotopic (exact) mass is 275 g/mol. The summed E-state index contributed by atoms with van der Waals surface area (Å²) in [7, 11) is 0. The van der Waals surface area contributed by atoms with E-state index in [9.17, 15) is 14.0 Å². The minimum Gasteiger partial charge on any atom is -0.396 e. The summed E-state index contributed by atoms with van der Waals surface area (Å²) in [5, 5.41) is 2.63. The van der Waals surface area contributed by atoms with Crippen molar-refractivity contribution in [3.05, 3.63) is 58.8 Å². The summed E-state index contributed by atoms with van der Waals surface area (Å²) in [5.41, 5.74) is 5.78. The smallest absolute Gasteiger partial charge is 0.226 e. The molecule has 2 rings (SSSR count). The van der Waals surface area contributed by atoms with Crippen LogP contribution in [0.1, 0.15) is 6.42 Å². The second-order valence-corrected chi connectivity index (χ2v) is 4.31. The van der Waals surface area contributed by atoms with E-state index in [0.717, 1.165) is 0 Å². The summed E-state index contributed by atoms with van der Waals surface area (Å²) in [5.74, 6) is -0.731. The van der Waals surface area contributed by atoms with Crippen LogP contribution in [-0.4, -0.2) is 10.5 Å². The Labute approximate surface area is 114 Å². The molecule has 0 unspecified atom stereocenters. The molecule has 1 heterocycles. The van der Waals surface area contributed by atoms with Crippen LogP contribution in [0.25, 0.3) is 0 Å². The number of nitrogens with zero attached hydrogens (tertiary/aromatic N) is 1. The van der Waals surface area contributed by atoms with Crippen LogP contribution in [-0.2, 0) is 11.3 Å². The van der Waals surface area contributed by atoms with E-state index >= 15 is 0 Å². The summed E-state index contributed by atoms with van der Waals surface area (Å²) in [6.07, 6.45) is 3.47. The van der Waals surface area contributed by atoms with Gasteiger partial charge in [-0.15, -0.1) is 0 Å². The molecule has 104 valence electrons. The molecular formula is C14H14FN3O2. The van der Waals surface area contributed by atoms with Crippen molar-refractivity contribution in [3.8, 4) is 0 Å². The van der Waals surface area contributed by atoms with Gasteiger partial charge in [-0.3, -0.25) is 9.59 Å². The van der Waals surface area contributed by atoms with Gasteiger partial charge < -0.3 is 15.6 Å². The molecule has 0 saturated heterocycles. The Morgan fingerprint density at radius 3 is 2.60 bits per heavy atom. The van der Waals surface area contributed by atoms with Crippen LogP contribution in [0.2, 0.25) is 0 Å². The van der Waals surface area contributed by atoms with Crippen LogP contribution < -0.4 is 16.5 Å². The van der Waals surface area contributed by atoms with Crippen LogP contribution in [0.5, 0.6) is 0 Å². The summed E-state index contributed by atoms with van der Waals surface area (Å²) < 4.78 is 14.7. The molecular weight excluding hydrogens is 261 g/mol. The lowest BCUT2D eigenvalue weighted by atomic mass is 10.2. The summed E-state index contributed by atoms with van der Waals surface area (Å²) in [6.45, 7) is 0.447. The highest BCUT2D eigenvalue weighted by atomic mass is 19.1. The van der Waals surface area contributed by atoms with Crippen molar-refractivity contribution < 1.29 is 9.18 Å². The molecule has 0 aliphatic heterocycles. The Morgan fingerprint density at radius 2 is 1.95 bits per heavy atom. The normalized spacial score (nSPS) is 10.2. The maximum Gasteiger partial charge on any atom is 0.226 e. The van der Waals surface area contributed by atoms with Crippen LogP contribution in [0.4, 0.5) is 15.8 Å². The Hall–Kier alpha value is -2.63. The van der Waals surface area contributed by atoms with Crippen molar-refractivity contribution >= 4 is 17.3 Å². The van der Waals surface area contributed by atoms with Gasteiger partial charge in [-0.2, -0.15) is 0 Å². The molecule has 1 amide bonds. The van der Waals surface area contributed by atoms with Gasteiger partial charge in [0.25, 0.3) is 0 Å². The van der Waals surface area contributed by atoms with Crippen LogP contribution in [0, 0.1) is 5.82 Å². The fourth-order valence-corrected chi connectivity index (χ4v) is 1.67. The zero-order valence-electron chi connectivity index (χ0n) is 10.7. The number of halogens is 1. The fraction of sp³-hybridized carbons (Fsp3) is 0.143. The highest BCUT2D eigenvalue weighted by molar-refractivity contribution is 5.91. The van der Waals surface area contributed by atoms with E-state index in [0.29, 0.717) is 12.2 Å². The molecule has 1 aromatic carbocycles. The zero-order chi connectivity index (χ0) is 14.5. The van der Waals surface area contributed by atoms with E-state index < -0.39 is 5.82 Å². The standard InChI is InChI=1S/C14H14FN3O2/c15-12-2-1-10(9-13(12)16)17-14(20)5-8-18-6-3-11(19)4-7-18/h1-4,6-7,9H,5,8,16H2,(H,17,20). The largest absolute Gasteiger partial charge is 0.396 e. The molecule has 0 atom stereocenters. The first-order chi connectivity index (χ1) is 9.54. The third kappa shape index (κ3) is 3.68. The molecule has 0 aliphatic rings. The Bertz CT molecular complexity index is 662. The van der Waals surface area contributed by atoms with Crippen LogP contribution >= 0.6 is 0 Å². The van der Waals surface area contributed by atoms with E-state index in [2.05, 4.69) is 5.32 Å². The lowest BCUT2D eigenvalue weighted by molar-refractivity contribution is -0.116. The average Bonchev–Trinajstić information content (AvgIpc) is 2.42. The van der Waals surface area contributed by atoms with Gasteiger partial charge in [0.15, 0.2) is 5.43 Å². The first kappa shape index (κ1) is 13.8. The van der Waals surface area contributed by atoms with Crippen molar-refractivity contribution in [3.63, 3.8) is 0 Å². The van der Waals surface area contributed by atoms with Crippen molar-refractivity contribution in [2.45, 2.75) is 13.0 Å². The first-order valence-electron chi connectivity index (χ1n) is 6.05. The molecule has 3 N–H and O–H groups in total. The van der Waals surface area contributed by atoms with Gasteiger partial charge in [0.1, 0.15) is 5.82 Å². The molecule has 6 heteroatoms. The van der Waals surface area contributed by atoms with Crippen molar-refractivity contribution in [1.82, 2.24) is 4.57 Å². The second-order valence-electron chi connectivity index (χ2n) is 4.31. The van der Waals surface area contributed by atoms with Gasteiger partial charge in [0, 0.05) is 43.2 Å². The minimum atomic E-state index is -0.517. The number of nitrogen functional groups attached to an aromatic ring is 1. The Balaban J connectivity index is 1.90. The summed E-state index contributed by atoms with van der Waals surface area (Å²) >= 11 is 0. The molecule has 5 nitrogen and oxygen atoms in total. The van der Waals surface area contributed by atoms with E-state index in [4.69, 9.17) is 5.73 Å². The van der Waals surface area contributed by atoms with Crippen LogP contribution in [0.15, 0.2) is 47.5 Å². The number of nitrogens with one attached hydrogen (secondary N) is 1. The number of aromatic nitrogens is 1. The van der Waals surface area contributed by atoms with Crippen molar-refractivity contribution in [2.75, 3.05) is 11.1 Å². The number of pyridine rings is 1. The van der Waals surface area contributed by atoms with Gasteiger partial charge in [-0.05, 0) is 18.2 Å². The van der Waals surface area contributed by atoms with Crippen molar-refractivity contribution in [2.24, 2.45) is 0 Å². The van der Waals surface area contributed by atoms with E-state index in [1.165, 1.54) is 30.3 Å². The number of hydrogen-bond donors (Lipinski definition) is 2. The van der Waals surface area contributed by atoms with Gasteiger partial charge in [0.2, 0.25) is 5.91 Å². The fourth-order valence-electron chi connectivity index (χ4n) is 1.67.